The Labute approximate surface area is 157 Å². The summed E-state index contributed by atoms with van der Waals surface area (Å²) in [7, 11) is 0. The molecule has 0 fully saturated rings. The van der Waals surface area contributed by atoms with Gasteiger partial charge in [0.15, 0.2) is 0 Å². The zero-order chi connectivity index (χ0) is 18.8. The molecule has 0 aliphatic carbocycles. The summed E-state index contributed by atoms with van der Waals surface area (Å²) in [6, 6.07) is 18.1. The van der Waals surface area contributed by atoms with Crippen molar-refractivity contribution < 1.29 is 18.7 Å². The standard InChI is InChI=1S/C22H19NO4/c1-14(19-8-5-11-26-19)23-21(24)16-9-10-18-17(12-16)13-20(27-22(18)25)15-6-3-2-4-7-15/h2-12,14,20H,13H2,1H3,(H,23,24)/t14-,20-/m0/s1. The zero-order valence-corrected chi connectivity index (χ0v) is 14.8. The van der Waals surface area contributed by atoms with Crippen LogP contribution in [0.4, 0.5) is 0 Å². The van der Waals surface area contributed by atoms with E-state index in [1.807, 2.05) is 43.3 Å². The number of benzene rings is 2. The van der Waals surface area contributed by atoms with Gasteiger partial charge in [0.25, 0.3) is 5.91 Å². The molecule has 1 aliphatic heterocycles. The third kappa shape index (κ3) is 3.49. The van der Waals surface area contributed by atoms with Crippen molar-refractivity contribution in [3.8, 4) is 0 Å². The van der Waals surface area contributed by atoms with Crippen molar-refractivity contribution in [2.24, 2.45) is 0 Å². The molecule has 27 heavy (non-hydrogen) atoms. The van der Waals surface area contributed by atoms with E-state index >= 15 is 0 Å². The van der Waals surface area contributed by atoms with Gasteiger partial charge in [-0.15, -0.1) is 0 Å². The minimum absolute atomic E-state index is 0.211. The van der Waals surface area contributed by atoms with E-state index in [9.17, 15) is 9.59 Å². The predicted molar refractivity (Wildman–Crippen MR) is 99.3 cm³/mol. The van der Waals surface area contributed by atoms with Crippen LogP contribution in [0, 0.1) is 0 Å². The van der Waals surface area contributed by atoms with Crippen LogP contribution in [0.2, 0.25) is 0 Å². The lowest BCUT2D eigenvalue weighted by molar-refractivity contribution is 0.0252. The Morgan fingerprint density at radius 1 is 1.11 bits per heavy atom. The van der Waals surface area contributed by atoms with Crippen molar-refractivity contribution in [1.82, 2.24) is 5.32 Å². The number of ether oxygens (including phenoxy) is 1. The van der Waals surface area contributed by atoms with Crippen LogP contribution in [-0.4, -0.2) is 11.9 Å². The normalized spacial score (nSPS) is 16.9. The average Bonchev–Trinajstić information content (AvgIpc) is 3.23. The van der Waals surface area contributed by atoms with E-state index in [2.05, 4.69) is 5.32 Å². The fraction of sp³-hybridized carbons (Fsp3) is 0.182. The Morgan fingerprint density at radius 2 is 1.93 bits per heavy atom. The highest BCUT2D eigenvalue weighted by atomic mass is 16.5. The third-order valence-electron chi connectivity index (χ3n) is 4.73. The SMILES string of the molecule is C[C@H](NC(=O)c1ccc2c(c1)C[C@@H](c1ccccc1)OC2=O)c1ccco1. The molecule has 0 radical (unpaired) electrons. The van der Waals surface area contributed by atoms with Crippen LogP contribution in [0.25, 0.3) is 0 Å². The number of carbonyl (C=O) groups excluding carboxylic acids is 2. The number of nitrogens with one attached hydrogen (secondary N) is 1. The van der Waals surface area contributed by atoms with Gasteiger partial charge in [0.05, 0.1) is 17.9 Å². The Morgan fingerprint density at radius 3 is 2.67 bits per heavy atom. The third-order valence-corrected chi connectivity index (χ3v) is 4.73. The fourth-order valence-electron chi connectivity index (χ4n) is 3.28. The van der Waals surface area contributed by atoms with E-state index < -0.39 is 0 Å². The number of hydrogen-bond acceptors (Lipinski definition) is 4. The monoisotopic (exact) mass is 361 g/mol. The van der Waals surface area contributed by atoms with Crippen LogP contribution in [0.5, 0.6) is 0 Å². The molecule has 3 aromatic rings. The Bertz CT molecular complexity index is 963. The first-order valence-corrected chi connectivity index (χ1v) is 8.85. The molecule has 0 unspecified atom stereocenters. The maximum absolute atomic E-state index is 12.6. The van der Waals surface area contributed by atoms with Gasteiger partial charge in [0, 0.05) is 12.0 Å². The molecule has 1 aliphatic rings. The molecule has 1 amide bonds. The summed E-state index contributed by atoms with van der Waals surface area (Å²) < 4.78 is 10.9. The van der Waals surface area contributed by atoms with Gasteiger partial charge >= 0.3 is 5.97 Å². The van der Waals surface area contributed by atoms with E-state index in [4.69, 9.17) is 9.15 Å². The molecule has 4 rings (SSSR count). The molecule has 5 nitrogen and oxygen atoms in total. The number of fused-ring (bicyclic) bond motifs is 1. The number of furan rings is 1. The lowest BCUT2D eigenvalue weighted by Gasteiger charge is -2.25. The number of esters is 1. The summed E-state index contributed by atoms with van der Waals surface area (Å²) in [6.07, 6.45) is 1.78. The molecule has 0 spiro atoms. The smallest absolute Gasteiger partial charge is 0.339 e. The molecule has 2 heterocycles. The molecule has 5 heteroatoms. The fourth-order valence-corrected chi connectivity index (χ4v) is 3.28. The lowest BCUT2D eigenvalue weighted by Crippen LogP contribution is -2.27. The highest BCUT2D eigenvalue weighted by Gasteiger charge is 2.28. The maximum Gasteiger partial charge on any atom is 0.339 e. The number of amides is 1. The topological polar surface area (TPSA) is 68.5 Å². The number of cyclic esters (lactones) is 1. The number of carbonyl (C=O) groups is 2. The summed E-state index contributed by atoms with van der Waals surface area (Å²) in [5.74, 6) is 0.118. The van der Waals surface area contributed by atoms with E-state index in [0.717, 1.165) is 11.1 Å². The predicted octanol–water partition coefficient (Wildman–Crippen LogP) is 4.22. The van der Waals surface area contributed by atoms with Crippen LogP contribution >= 0.6 is 0 Å². The zero-order valence-electron chi connectivity index (χ0n) is 14.8. The highest BCUT2D eigenvalue weighted by Crippen LogP contribution is 2.31. The van der Waals surface area contributed by atoms with Crippen LogP contribution < -0.4 is 5.32 Å². The van der Waals surface area contributed by atoms with Gasteiger partial charge in [-0.1, -0.05) is 30.3 Å². The second-order valence-corrected chi connectivity index (χ2v) is 6.59. The van der Waals surface area contributed by atoms with Gasteiger partial charge in [-0.2, -0.15) is 0 Å². The van der Waals surface area contributed by atoms with E-state index in [1.165, 1.54) is 0 Å². The second-order valence-electron chi connectivity index (χ2n) is 6.59. The molecular weight excluding hydrogens is 342 g/mol. The molecule has 0 saturated carbocycles. The second kappa shape index (κ2) is 7.11. The van der Waals surface area contributed by atoms with Crippen molar-refractivity contribution in [3.63, 3.8) is 0 Å². The van der Waals surface area contributed by atoms with Crippen molar-refractivity contribution in [2.45, 2.75) is 25.5 Å². The van der Waals surface area contributed by atoms with Crippen LogP contribution in [-0.2, 0) is 11.2 Å². The molecule has 2 aromatic carbocycles. The van der Waals surface area contributed by atoms with Crippen molar-refractivity contribution in [1.29, 1.82) is 0 Å². The van der Waals surface area contributed by atoms with Gasteiger partial charge in [0.2, 0.25) is 0 Å². The van der Waals surface area contributed by atoms with Crippen molar-refractivity contribution in [3.05, 3.63) is 94.9 Å². The Kier molecular flexibility index (Phi) is 4.50. The first-order chi connectivity index (χ1) is 13.1. The van der Waals surface area contributed by atoms with Gasteiger partial charge in [-0.3, -0.25) is 4.79 Å². The van der Waals surface area contributed by atoms with E-state index in [1.54, 1.807) is 30.5 Å². The Balaban J connectivity index is 1.56. The molecular formula is C22H19NO4. The molecule has 136 valence electrons. The number of rotatable bonds is 4. The summed E-state index contributed by atoms with van der Waals surface area (Å²) in [5, 5.41) is 2.91. The van der Waals surface area contributed by atoms with Gasteiger partial charge < -0.3 is 14.5 Å². The van der Waals surface area contributed by atoms with Crippen molar-refractivity contribution >= 4 is 11.9 Å². The van der Waals surface area contributed by atoms with Crippen LogP contribution in [0.1, 0.15) is 56.7 Å². The molecule has 0 bridgehead atoms. The Hall–Kier alpha value is -3.34. The lowest BCUT2D eigenvalue weighted by atomic mass is 9.93. The van der Waals surface area contributed by atoms with E-state index in [-0.39, 0.29) is 24.0 Å². The molecule has 1 aromatic heterocycles. The quantitative estimate of drug-likeness (QED) is 0.706. The average molecular weight is 361 g/mol. The van der Waals surface area contributed by atoms with Crippen LogP contribution in [0.15, 0.2) is 71.3 Å². The first-order valence-electron chi connectivity index (χ1n) is 8.85. The maximum atomic E-state index is 12.6. The molecule has 1 N–H and O–H groups in total. The minimum Gasteiger partial charge on any atom is -0.467 e. The van der Waals surface area contributed by atoms with Gasteiger partial charge in [-0.05, 0) is 48.4 Å². The first kappa shape index (κ1) is 17.1. The van der Waals surface area contributed by atoms with E-state index in [0.29, 0.717) is 23.3 Å². The number of hydrogen-bond donors (Lipinski definition) is 1. The molecule has 2 atom stereocenters. The largest absolute Gasteiger partial charge is 0.467 e. The van der Waals surface area contributed by atoms with Gasteiger partial charge in [0.1, 0.15) is 11.9 Å². The van der Waals surface area contributed by atoms with Crippen LogP contribution in [0.3, 0.4) is 0 Å². The van der Waals surface area contributed by atoms with Crippen molar-refractivity contribution in [2.75, 3.05) is 0 Å². The summed E-state index contributed by atoms with van der Waals surface area (Å²) in [4.78, 5) is 24.9. The minimum atomic E-state index is -0.360. The molecule has 0 saturated heterocycles. The summed E-state index contributed by atoms with van der Waals surface area (Å²) in [6.45, 7) is 1.86. The summed E-state index contributed by atoms with van der Waals surface area (Å²) in [5.41, 5.74) is 2.78. The highest BCUT2D eigenvalue weighted by molar-refractivity contribution is 5.98. The van der Waals surface area contributed by atoms with Gasteiger partial charge in [-0.25, -0.2) is 4.79 Å². The summed E-state index contributed by atoms with van der Waals surface area (Å²) >= 11 is 0.